The SMILES string of the molecule is O=C(c1ccccc1)N1N2CCc3ccccc3[C@H]2N2[C@@H](c3ccccc3)[C@@]21c1ccco1. The van der Waals surface area contributed by atoms with Crippen molar-refractivity contribution >= 4 is 5.91 Å². The molecule has 3 aromatic carbocycles. The molecular formula is C28H23N3O2. The zero-order chi connectivity index (χ0) is 22.0. The minimum absolute atomic E-state index is 0.00249. The van der Waals surface area contributed by atoms with E-state index < -0.39 is 5.66 Å². The molecule has 1 unspecified atom stereocenters. The van der Waals surface area contributed by atoms with Crippen molar-refractivity contribution in [2.24, 2.45) is 0 Å². The number of carbonyl (C=O) groups excluding carboxylic acids is 1. The smallest absolute Gasteiger partial charge is 0.270 e. The maximum atomic E-state index is 14.1. The number of carbonyl (C=O) groups is 1. The predicted molar refractivity (Wildman–Crippen MR) is 124 cm³/mol. The molecule has 4 heterocycles. The molecule has 33 heavy (non-hydrogen) atoms. The quantitative estimate of drug-likeness (QED) is 0.421. The van der Waals surface area contributed by atoms with Crippen LogP contribution in [-0.2, 0) is 12.1 Å². The Kier molecular flexibility index (Phi) is 3.95. The molecule has 4 aromatic rings. The van der Waals surface area contributed by atoms with Gasteiger partial charge in [0, 0.05) is 12.1 Å². The van der Waals surface area contributed by atoms with Gasteiger partial charge in [-0.05, 0) is 47.4 Å². The Labute approximate surface area is 192 Å². The fraction of sp³-hybridized carbons (Fsp3) is 0.179. The lowest BCUT2D eigenvalue weighted by Crippen LogP contribution is -2.52. The van der Waals surface area contributed by atoms with Gasteiger partial charge in [-0.15, -0.1) is 0 Å². The third-order valence-corrected chi connectivity index (χ3v) is 7.27. The van der Waals surface area contributed by atoms with Crippen LogP contribution in [0, 0.1) is 0 Å². The van der Waals surface area contributed by atoms with Gasteiger partial charge >= 0.3 is 0 Å². The second-order valence-electron chi connectivity index (χ2n) is 8.89. The maximum Gasteiger partial charge on any atom is 0.270 e. The molecule has 2 fully saturated rings. The van der Waals surface area contributed by atoms with E-state index in [0.29, 0.717) is 5.56 Å². The van der Waals surface area contributed by atoms with Gasteiger partial charge < -0.3 is 4.42 Å². The zero-order valence-corrected chi connectivity index (χ0v) is 18.0. The van der Waals surface area contributed by atoms with Crippen LogP contribution >= 0.6 is 0 Å². The van der Waals surface area contributed by atoms with Crippen molar-refractivity contribution in [1.29, 1.82) is 0 Å². The second kappa shape index (κ2) is 6.91. The number of hydrogen-bond acceptors (Lipinski definition) is 4. The van der Waals surface area contributed by atoms with E-state index in [2.05, 4.69) is 58.4 Å². The summed E-state index contributed by atoms with van der Waals surface area (Å²) in [6.07, 6.45) is 2.58. The van der Waals surface area contributed by atoms with E-state index in [0.717, 1.165) is 18.7 Å². The van der Waals surface area contributed by atoms with E-state index in [1.54, 1.807) is 6.26 Å². The Morgan fingerprint density at radius 1 is 0.848 bits per heavy atom. The molecule has 162 valence electrons. The Balaban J connectivity index is 1.47. The average molecular weight is 434 g/mol. The summed E-state index contributed by atoms with van der Waals surface area (Å²) in [7, 11) is 0. The Morgan fingerprint density at radius 2 is 1.58 bits per heavy atom. The summed E-state index contributed by atoms with van der Waals surface area (Å²) >= 11 is 0. The zero-order valence-electron chi connectivity index (χ0n) is 18.0. The van der Waals surface area contributed by atoms with Gasteiger partial charge in [-0.3, -0.25) is 4.79 Å². The number of rotatable bonds is 3. The van der Waals surface area contributed by atoms with Gasteiger partial charge in [0.15, 0.2) is 5.66 Å². The molecule has 4 atom stereocenters. The third-order valence-electron chi connectivity index (χ3n) is 7.27. The van der Waals surface area contributed by atoms with E-state index in [1.807, 2.05) is 53.5 Å². The molecule has 1 aromatic heterocycles. The van der Waals surface area contributed by atoms with Crippen LogP contribution in [0.15, 0.2) is 108 Å². The molecule has 0 N–H and O–H groups in total. The first-order valence-corrected chi connectivity index (χ1v) is 11.4. The Morgan fingerprint density at radius 3 is 2.33 bits per heavy atom. The molecule has 5 nitrogen and oxygen atoms in total. The number of hydrazine groups is 1. The summed E-state index contributed by atoms with van der Waals surface area (Å²) in [6.45, 7) is 0.778. The summed E-state index contributed by atoms with van der Waals surface area (Å²) in [4.78, 5) is 16.6. The first-order valence-electron chi connectivity index (χ1n) is 11.4. The predicted octanol–water partition coefficient (Wildman–Crippen LogP) is 5.12. The normalized spacial score (nSPS) is 27.5. The first-order chi connectivity index (χ1) is 16.3. The topological polar surface area (TPSA) is 39.7 Å². The molecule has 0 aliphatic carbocycles. The highest BCUT2D eigenvalue weighted by Gasteiger charge is 2.80. The minimum atomic E-state index is -0.695. The van der Waals surface area contributed by atoms with Crippen LogP contribution in [0.2, 0.25) is 0 Å². The van der Waals surface area contributed by atoms with Crippen molar-refractivity contribution in [3.63, 3.8) is 0 Å². The molecule has 0 bridgehead atoms. The molecule has 5 heteroatoms. The van der Waals surface area contributed by atoms with Crippen molar-refractivity contribution in [2.75, 3.05) is 6.54 Å². The number of fused-ring (bicyclic) bond motifs is 5. The lowest BCUT2D eigenvalue weighted by atomic mass is 9.97. The molecule has 0 radical (unpaired) electrons. The second-order valence-corrected chi connectivity index (χ2v) is 8.89. The molecule has 3 aliphatic rings. The first kappa shape index (κ1) is 18.9. The van der Waals surface area contributed by atoms with E-state index in [-0.39, 0.29) is 18.1 Å². The van der Waals surface area contributed by atoms with Crippen LogP contribution in [0.5, 0.6) is 0 Å². The summed E-state index contributed by atoms with van der Waals surface area (Å²) in [5, 5.41) is 4.24. The largest absolute Gasteiger partial charge is 0.465 e. The van der Waals surface area contributed by atoms with Crippen LogP contribution in [0.3, 0.4) is 0 Å². The number of benzene rings is 3. The highest BCUT2D eigenvalue weighted by Crippen LogP contribution is 2.72. The molecule has 3 aliphatic heterocycles. The standard InChI is InChI=1S/C28H23N3O2/c32-27(22-13-5-2-6-14-22)31-28(24-16-9-19-33-24)25(21-11-3-1-4-12-21)30(28)26-23-15-8-7-10-20(23)17-18-29(26)31/h1-16,19,25-26H,17-18H2/t25-,26+,28-,30?/m0/s1. The van der Waals surface area contributed by atoms with Crippen molar-refractivity contribution in [2.45, 2.75) is 24.3 Å². The fourth-order valence-corrected chi connectivity index (χ4v) is 5.94. The maximum absolute atomic E-state index is 14.1. The van der Waals surface area contributed by atoms with Gasteiger partial charge in [-0.25, -0.2) is 9.91 Å². The molecule has 0 saturated carbocycles. The molecule has 2 saturated heterocycles. The average Bonchev–Trinajstić information content (AvgIpc) is 3.17. The van der Waals surface area contributed by atoms with Crippen LogP contribution in [-0.4, -0.2) is 27.4 Å². The highest BCUT2D eigenvalue weighted by molar-refractivity contribution is 5.95. The summed E-state index contributed by atoms with van der Waals surface area (Å²) in [5.41, 5.74) is 3.78. The fourth-order valence-electron chi connectivity index (χ4n) is 5.94. The third kappa shape index (κ3) is 2.46. The van der Waals surface area contributed by atoms with Crippen molar-refractivity contribution in [3.8, 4) is 0 Å². The number of hydrogen-bond donors (Lipinski definition) is 0. The van der Waals surface area contributed by atoms with Gasteiger partial charge in [0.25, 0.3) is 5.91 Å². The van der Waals surface area contributed by atoms with Gasteiger partial charge in [-0.1, -0.05) is 72.8 Å². The van der Waals surface area contributed by atoms with Crippen molar-refractivity contribution in [1.82, 2.24) is 14.9 Å². The van der Waals surface area contributed by atoms with Crippen LogP contribution in [0.4, 0.5) is 0 Å². The van der Waals surface area contributed by atoms with Crippen molar-refractivity contribution in [3.05, 3.63) is 131 Å². The summed E-state index contributed by atoms with van der Waals surface area (Å²) in [5.74, 6) is 0.796. The van der Waals surface area contributed by atoms with Crippen molar-refractivity contribution < 1.29 is 9.21 Å². The van der Waals surface area contributed by atoms with Gasteiger partial charge in [0.1, 0.15) is 11.9 Å². The number of amides is 1. The monoisotopic (exact) mass is 433 g/mol. The minimum Gasteiger partial charge on any atom is -0.465 e. The van der Waals surface area contributed by atoms with Gasteiger partial charge in [-0.2, -0.15) is 5.01 Å². The van der Waals surface area contributed by atoms with Gasteiger partial charge in [0.2, 0.25) is 0 Å². The molecule has 7 rings (SSSR count). The lowest BCUT2D eigenvalue weighted by molar-refractivity contribution is -0.0514. The lowest BCUT2D eigenvalue weighted by Gasteiger charge is -2.41. The summed E-state index contributed by atoms with van der Waals surface area (Å²) < 4.78 is 6.06. The highest BCUT2D eigenvalue weighted by atomic mass is 16.3. The number of furan rings is 1. The van der Waals surface area contributed by atoms with E-state index >= 15 is 0 Å². The molecule has 1 amide bonds. The molecule has 0 spiro atoms. The Hall–Kier alpha value is -3.67. The van der Waals surface area contributed by atoms with Gasteiger partial charge in [0.05, 0.1) is 12.3 Å². The summed E-state index contributed by atoms with van der Waals surface area (Å²) in [6, 6.07) is 32.6. The van der Waals surface area contributed by atoms with E-state index in [4.69, 9.17) is 4.42 Å². The van der Waals surface area contributed by atoms with Crippen LogP contribution < -0.4 is 0 Å². The number of nitrogens with zero attached hydrogens (tertiary/aromatic N) is 3. The van der Waals surface area contributed by atoms with E-state index in [9.17, 15) is 4.79 Å². The van der Waals surface area contributed by atoms with Crippen LogP contribution in [0.1, 0.15) is 45.0 Å². The van der Waals surface area contributed by atoms with Crippen LogP contribution in [0.25, 0.3) is 0 Å². The van der Waals surface area contributed by atoms with E-state index in [1.165, 1.54) is 16.7 Å². The molecular weight excluding hydrogens is 410 g/mol. The Bertz CT molecular complexity index is 1320.